The van der Waals surface area contributed by atoms with Crippen molar-refractivity contribution in [3.05, 3.63) is 102 Å². The molecule has 31 heavy (non-hydrogen) atoms. The summed E-state index contributed by atoms with van der Waals surface area (Å²) in [4.78, 5) is 31.0. The fraction of sp³-hybridized carbons (Fsp3) is 0.174. The molecule has 0 amide bonds. The van der Waals surface area contributed by atoms with Crippen LogP contribution in [0.15, 0.2) is 69.6 Å². The van der Waals surface area contributed by atoms with Crippen molar-refractivity contribution in [1.82, 2.24) is 4.57 Å². The third-order valence-electron chi connectivity index (χ3n) is 4.87. The maximum atomic E-state index is 13.5. The molecule has 2 heterocycles. The van der Waals surface area contributed by atoms with E-state index in [-0.39, 0.29) is 23.6 Å². The molecule has 4 rings (SSSR count). The molecule has 158 valence electrons. The zero-order valence-electron chi connectivity index (χ0n) is 16.8. The van der Waals surface area contributed by atoms with Crippen LogP contribution in [-0.4, -0.2) is 17.1 Å². The number of carbonyl (C=O) groups excluding carboxylic acids is 1. The van der Waals surface area contributed by atoms with Crippen LogP contribution >= 0.6 is 11.3 Å². The molecule has 1 atom stereocenters. The number of rotatable bonds is 4. The van der Waals surface area contributed by atoms with E-state index in [1.165, 1.54) is 52.3 Å². The zero-order chi connectivity index (χ0) is 22.1. The fourth-order valence-electron chi connectivity index (χ4n) is 3.46. The number of carbonyl (C=O) groups is 1. The largest absolute Gasteiger partial charge is 0.463 e. The van der Waals surface area contributed by atoms with E-state index in [0.717, 1.165) is 0 Å². The standard InChI is InChI=1S/C23H18F2N2O3S/c1-3-30-22(29)19-13(2)26-23-27(20(19)15-6-10-17(25)11-7-15)21(28)18(31-23)12-14-4-8-16(24)9-5-14/h4-12,20H,3H2,1-2H3/b18-12+. The number of aromatic nitrogens is 1. The first-order valence-corrected chi connectivity index (χ1v) is 10.4. The summed E-state index contributed by atoms with van der Waals surface area (Å²) in [6, 6.07) is 10.6. The number of benzene rings is 2. The maximum Gasteiger partial charge on any atom is 0.338 e. The molecular weight excluding hydrogens is 422 g/mol. The highest BCUT2D eigenvalue weighted by Gasteiger charge is 2.33. The molecule has 0 spiro atoms. The monoisotopic (exact) mass is 440 g/mol. The molecular formula is C23H18F2N2O3S. The Morgan fingerprint density at radius 3 is 2.35 bits per heavy atom. The number of nitrogens with zero attached hydrogens (tertiary/aromatic N) is 2. The van der Waals surface area contributed by atoms with Gasteiger partial charge in [0.1, 0.15) is 11.6 Å². The number of thiazole rings is 1. The highest BCUT2D eigenvalue weighted by atomic mass is 32.1. The normalized spacial score (nSPS) is 16.1. The Hall–Kier alpha value is -3.39. The number of halogens is 2. The van der Waals surface area contributed by atoms with Crippen LogP contribution in [0.1, 0.15) is 31.0 Å². The van der Waals surface area contributed by atoms with Gasteiger partial charge in [-0.2, -0.15) is 0 Å². The predicted octanol–water partition coefficient (Wildman–Crippen LogP) is 3.08. The number of allylic oxidation sites excluding steroid dienone is 1. The Bertz CT molecular complexity index is 1350. The molecule has 2 aromatic carbocycles. The summed E-state index contributed by atoms with van der Waals surface area (Å²) in [6.07, 6.45) is 1.65. The van der Waals surface area contributed by atoms with Crippen LogP contribution in [0, 0.1) is 11.6 Å². The zero-order valence-corrected chi connectivity index (χ0v) is 17.6. The van der Waals surface area contributed by atoms with Gasteiger partial charge in [0.15, 0.2) is 4.80 Å². The summed E-state index contributed by atoms with van der Waals surface area (Å²) >= 11 is 1.17. The van der Waals surface area contributed by atoms with E-state index in [4.69, 9.17) is 4.74 Å². The van der Waals surface area contributed by atoms with Crippen LogP contribution in [0.5, 0.6) is 0 Å². The summed E-state index contributed by atoms with van der Waals surface area (Å²) in [7, 11) is 0. The molecule has 0 saturated carbocycles. The lowest BCUT2D eigenvalue weighted by Gasteiger charge is -2.24. The highest BCUT2D eigenvalue weighted by molar-refractivity contribution is 7.07. The lowest BCUT2D eigenvalue weighted by atomic mass is 9.96. The molecule has 1 aliphatic heterocycles. The number of esters is 1. The molecule has 1 aromatic heterocycles. The minimum atomic E-state index is -0.800. The van der Waals surface area contributed by atoms with Gasteiger partial charge in [-0.1, -0.05) is 35.6 Å². The van der Waals surface area contributed by atoms with Crippen molar-refractivity contribution in [3.63, 3.8) is 0 Å². The van der Waals surface area contributed by atoms with Crippen LogP contribution in [0.4, 0.5) is 8.78 Å². The van der Waals surface area contributed by atoms with Gasteiger partial charge in [0.25, 0.3) is 5.56 Å². The van der Waals surface area contributed by atoms with E-state index < -0.39 is 17.8 Å². The Labute approximate surface area is 180 Å². The quantitative estimate of drug-likeness (QED) is 0.586. The van der Waals surface area contributed by atoms with Gasteiger partial charge >= 0.3 is 5.97 Å². The summed E-state index contributed by atoms with van der Waals surface area (Å²) < 4.78 is 33.8. The van der Waals surface area contributed by atoms with Gasteiger partial charge in [-0.05, 0) is 55.3 Å². The van der Waals surface area contributed by atoms with E-state index in [9.17, 15) is 18.4 Å². The van der Waals surface area contributed by atoms with E-state index >= 15 is 0 Å². The fourth-order valence-corrected chi connectivity index (χ4v) is 4.51. The average Bonchev–Trinajstić information content (AvgIpc) is 3.04. The number of hydrogen-bond acceptors (Lipinski definition) is 5. The molecule has 5 nitrogen and oxygen atoms in total. The molecule has 0 radical (unpaired) electrons. The molecule has 1 aliphatic rings. The molecule has 0 aliphatic carbocycles. The average molecular weight is 440 g/mol. The van der Waals surface area contributed by atoms with Crippen LogP contribution in [-0.2, 0) is 9.53 Å². The Morgan fingerprint density at radius 1 is 1.13 bits per heavy atom. The van der Waals surface area contributed by atoms with Crippen LogP contribution in [0.25, 0.3) is 6.08 Å². The topological polar surface area (TPSA) is 60.7 Å². The first-order chi connectivity index (χ1) is 14.9. The lowest BCUT2D eigenvalue weighted by molar-refractivity contribution is -0.139. The molecule has 1 unspecified atom stereocenters. The van der Waals surface area contributed by atoms with Gasteiger partial charge in [-0.15, -0.1) is 0 Å². The third-order valence-corrected chi connectivity index (χ3v) is 5.85. The molecule has 3 aromatic rings. The SMILES string of the molecule is CCOC(=O)C1=C(C)N=c2s/c(=C/c3ccc(F)cc3)c(=O)n2C1c1ccc(F)cc1. The Balaban J connectivity index is 1.94. The van der Waals surface area contributed by atoms with Crippen molar-refractivity contribution in [2.75, 3.05) is 6.61 Å². The maximum absolute atomic E-state index is 13.5. The summed E-state index contributed by atoms with van der Waals surface area (Å²) in [5, 5.41) is 0. The second-order valence-electron chi connectivity index (χ2n) is 6.91. The summed E-state index contributed by atoms with van der Waals surface area (Å²) in [5.41, 5.74) is 1.53. The minimum absolute atomic E-state index is 0.167. The van der Waals surface area contributed by atoms with Gasteiger partial charge in [0, 0.05) is 0 Å². The van der Waals surface area contributed by atoms with E-state index in [2.05, 4.69) is 4.99 Å². The smallest absolute Gasteiger partial charge is 0.338 e. The molecule has 0 saturated heterocycles. The van der Waals surface area contributed by atoms with Gasteiger partial charge in [-0.25, -0.2) is 18.6 Å². The highest BCUT2D eigenvalue weighted by Crippen LogP contribution is 2.30. The van der Waals surface area contributed by atoms with Gasteiger partial charge in [0.05, 0.1) is 28.5 Å². The van der Waals surface area contributed by atoms with Crippen molar-refractivity contribution in [2.24, 2.45) is 4.99 Å². The van der Waals surface area contributed by atoms with E-state index in [1.54, 1.807) is 32.1 Å². The summed E-state index contributed by atoms with van der Waals surface area (Å²) in [5.74, 6) is -1.37. The predicted molar refractivity (Wildman–Crippen MR) is 113 cm³/mol. The molecule has 0 fully saturated rings. The van der Waals surface area contributed by atoms with Crippen molar-refractivity contribution in [1.29, 1.82) is 0 Å². The minimum Gasteiger partial charge on any atom is -0.463 e. The molecule has 0 N–H and O–H groups in total. The van der Waals surface area contributed by atoms with E-state index in [1.807, 2.05) is 0 Å². The number of hydrogen-bond donors (Lipinski definition) is 0. The van der Waals surface area contributed by atoms with E-state index in [0.29, 0.717) is 26.2 Å². The second kappa shape index (κ2) is 8.39. The lowest BCUT2D eigenvalue weighted by Crippen LogP contribution is -2.39. The van der Waals surface area contributed by atoms with Crippen molar-refractivity contribution in [2.45, 2.75) is 19.9 Å². The summed E-state index contributed by atoms with van der Waals surface area (Å²) in [6.45, 7) is 3.54. The van der Waals surface area contributed by atoms with Crippen LogP contribution < -0.4 is 14.9 Å². The van der Waals surface area contributed by atoms with Gasteiger partial charge < -0.3 is 4.74 Å². The van der Waals surface area contributed by atoms with Gasteiger partial charge in [-0.3, -0.25) is 9.36 Å². The first kappa shape index (κ1) is 20.9. The van der Waals surface area contributed by atoms with Gasteiger partial charge in [0.2, 0.25) is 0 Å². The van der Waals surface area contributed by atoms with Crippen molar-refractivity contribution in [3.8, 4) is 0 Å². The first-order valence-electron chi connectivity index (χ1n) is 9.59. The third kappa shape index (κ3) is 3.98. The second-order valence-corrected chi connectivity index (χ2v) is 7.91. The Kier molecular flexibility index (Phi) is 5.65. The van der Waals surface area contributed by atoms with Crippen molar-refractivity contribution < 1.29 is 18.3 Å². The Morgan fingerprint density at radius 2 is 1.74 bits per heavy atom. The molecule has 8 heteroatoms. The van der Waals surface area contributed by atoms with Crippen molar-refractivity contribution >= 4 is 23.4 Å². The van der Waals surface area contributed by atoms with Crippen LogP contribution in [0.3, 0.4) is 0 Å². The molecule has 0 bridgehead atoms. The van der Waals surface area contributed by atoms with Crippen LogP contribution in [0.2, 0.25) is 0 Å². The number of fused-ring (bicyclic) bond motifs is 1. The number of ether oxygens (including phenoxy) is 1.